The Morgan fingerprint density at radius 1 is 1.50 bits per heavy atom. The van der Waals surface area contributed by atoms with E-state index in [9.17, 15) is 4.79 Å². The molecule has 1 aliphatic rings. The van der Waals surface area contributed by atoms with Crippen molar-refractivity contribution in [3.8, 4) is 0 Å². The molecule has 18 heavy (non-hydrogen) atoms. The van der Waals surface area contributed by atoms with Gasteiger partial charge in [-0.1, -0.05) is 6.92 Å². The van der Waals surface area contributed by atoms with Crippen LogP contribution in [0.1, 0.15) is 29.4 Å². The van der Waals surface area contributed by atoms with E-state index in [0.717, 1.165) is 39.2 Å². The second-order valence-electron chi connectivity index (χ2n) is 4.84. The van der Waals surface area contributed by atoms with Gasteiger partial charge in [0.1, 0.15) is 0 Å². The van der Waals surface area contributed by atoms with E-state index in [1.165, 1.54) is 11.3 Å². The molecule has 0 saturated carbocycles. The minimum atomic E-state index is -0.000818. The van der Waals surface area contributed by atoms with E-state index >= 15 is 0 Å². The Bertz CT molecular complexity index is 422. The SMILES string of the molecule is CC1(CNC(=O)c2cc(Br)c(Br)s2)CCOCC1. The van der Waals surface area contributed by atoms with Gasteiger partial charge in [-0.3, -0.25) is 4.79 Å². The molecule has 1 N–H and O–H groups in total. The Morgan fingerprint density at radius 2 is 2.17 bits per heavy atom. The highest BCUT2D eigenvalue weighted by atomic mass is 79.9. The van der Waals surface area contributed by atoms with Crippen LogP contribution in [-0.2, 0) is 4.74 Å². The van der Waals surface area contributed by atoms with Gasteiger partial charge in [-0.15, -0.1) is 11.3 Å². The van der Waals surface area contributed by atoms with Gasteiger partial charge in [-0.05, 0) is 56.2 Å². The summed E-state index contributed by atoms with van der Waals surface area (Å²) in [5.74, 6) is -0.000818. The maximum Gasteiger partial charge on any atom is 0.261 e. The zero-order valence-corrected chi connectivity index (χ0v) is 14.1. The normalized spacial score (nSPS) is 18.6. The van der Waals surface area contributed by atoms with E-state index in [-0.39, 0.29) is 11.3 Å². The highest BCUT2D eigenvalue weighted by molar-refractivity contribution is 9.13. The molecule has 0 bridgehead atoms. The quantitative estimate of drug-likeness (QED) is 0.843. The van der Waals surface area contributed by atoms with Gasteiger partial charge in [0.05, 0.1) is 8.66 Å². The van der Waals surface area contributed by atoms with E-state index in [0.29, 0.717) is 6.54 Å². The van der Waals surface area contributed by atoms with Crippen LogP contribution < -0.4 is 5.32 Å². The van der Waals surface area contributed by atoms with Gasteiger partial charge in [0.2, 0.25) is 0 Å². The molecule has 0 aromatic carbocycles. The van der Waals surface area contributed by atoms with E-state index < -0.39 is 0 Å². The van der Waals surface area contributed by atoms with Gasteiger partial charge in [-0.25, -0.2) is 0 Å². The predicted octanol–water partition coefficient (Wildman–Crippen LogP) is 3.82. The Kier molecular flexibility index (Phi) is 4.86. The summed E-state index contributed by atoms with van der Waals surface area (Å²) in [5.41, 5.74) is 0.166. The number of hydrogen-bond donors (Lipinski definition) is 1. The fourth-order valence-corrected chi connectivity index (χ4v) is 3.83. The predicted molar refractivity (Wildman–Crippen MR) is 80.2 cm³/mol. The maximum atomic E-state index is 12.0. The van der Waals surface area contributed by atoms with Crippen LogP contribution >= 0.6 is 43.2 Å². The minimum absolute atomic E-state index is 0.000818. The average Bonchev–Trinajstić information content (AvgIpc) is 2.68. The Hall–Kier alpha value is 0.0900. The summed E-state index contributed by atoms with van der Waals surface area (Å²) < 4.78 is 7.23. The molecule has 3 nitrogen and oxygen atoms in total. The first-order chi connectivity index (χ1) is 8.50. The Balaban J connectivity index is 1.91. The van der Waals surface area contributed by atoms with Crippen molar-refractivity contribution in [3.63, 3.8) is 0 Å². The molecule has 1 fully saturated rings. The highest BCUT2D eigenvalue weighted by Crippen LogP contribution is 2.33. The largest absolute Gasteiger partial charge is 0.381 e. The standard InChI is InChI=1S/C12H15Br2NO2S/c1-12(2-4-17-5-3-12)7-15-11(16)9-6-8(13)10(14)18-9/h6H,2-5,7H2,1H3,(H,15,16). The topological polar surface area (TPSA) is 38.3 Å². The second kappa shape index (κ2) is 6.03. The molecule has 2 rings (SSSR count). The minimum Gasteiger partial charge on any atom is -0.381 e. The van der Waals surface area contributed by atoms with Crippen LogP contribution in [0.5, 0.6) is 0 Å². The zero-order valence-electron chi connectivity index (χ0n) is 10.1. The molecule has 0 unspecified atom stereocenters. The maximum absolute atomic E-state index is 12.0. The number of nitrogens with one attached hydrogen (secondary N) is 1. The summed E-state index contributed by atoms with van der Waals surface area (Å²) in [6, 6.07) is 1.84. The average molecular weight is 397 g/mol. The van der Waals surface area contributed by atoms with Gasteiger partial charge in [-0.2, -0.15) is 0 Å². The van der Waals surface area contributed by atoms with Crippen molar-refractivity contribution in [2.24, 2.45) is 5.41 Å². The number of halogens is 2. The summed E-state index contributed by atoms with van der Waals surface area (Å²) in [5, 5.41) is 3.02. The summed E-state index contributed by atoms with van der Waals surface area (Å²) in [6.07, 6.45) is 2.01. The molecule has 1 aromatic rings. The van der Waals surface area contributed by atoms with Crippen LogP contribution in [0.2, 0.25) is 0 Å². The van der Waals surface area contributed by atoms with E-state index in [1.807, 2.05) is 6.07 Å². The molecule has 1 amide bonds. The van der Waals surface area contributed by atoms with Crippen molar-refractivity contribution in [2.45, 2.75) is 19.8 Å². The van der Waals surface area contributed by atoms with Gasteiger partial charge in [0.25, 0.3) is 5.91 Å². The third-order valence-corrected chi connectivity index (χ3v) is 6.50. The smallest absolute Gasteiger partial charge is 0.261 e. The number of ether oxygens (including phenoxy) is 1. The van der Waals surface area contributed by atoms with Gasteiger partial charge >= 0.3 is 0 Å². The van der Waals surface area contributed by atoms with Crippen LogP contribution in [0.3, 0.4) is 0 Å². The van der Waals surface area contributed by atoms with Crippen LogP contribution in [-0.4, -0.2) is 25.7 Å². The van der Waals surface area contributed by atoms with Crippen molar-refractivity contribution < 1.29 is 9.53 Å². The van der Waals surface area contributed by atoms with Gasteiger partial charge in [0, 0.05) is 24.2 Å². The molecule has 1 aliphatic heterocycles. The van der Waals surface area contributed by atoms with E-state index in [4.69, 9.17) is 4.74 Å². The third kappa shape index (κ3) is 3.56. The first-order valence-corrected chi connectivity index (χ1v) is 8.21. The van der Waals surface area contributed by atoms with E-state index in [1.54, 1.807) is 0 Å². The van der Waals surface area contributed by atoms with Crippen molar-refractivity contribution in [2.75, 3.05) is 19.8 Å². The fourth-order valence-electron chi connectivity index (χ4n) is 1.88. The van der Waals surface area contributed by atoms with Crippen molar-refractivity contribution in [1.29, 1.82) is 0 Å². The number of hydrogen-bond acceptors (Lipinski definition) is 3. The molecule has 0 aliphatic carbocycles. The lowest BCUT2D eigenvalue weighted by atomic mass is 9.82. The lowest BCUT2D eigenvalue weighted by Gasteiger charge is -2.33. The highest BCUT2D eigenvalue weighted by Gasteiger charge is 2.28. The number of thiophene rings is 1. The van der Waals surface area contributed by atoms with Crippen molar-refractivity contribution >= 4 is 49.1 Å². The second-order valence-corrected chi connectivity index (χ2v) is 8.06. The number of carbonyl (C=O) groups is 1. The molecular weight excluding hydrogens is 382 g/mol. The summed E-state index contributed by atoms with van der Waals surface area (Å²) in [6.45, 7) is 4.50. The van der Waals surface area contributed by atoms with Gasteiger partial charge in [0.15, 0.2) is 0 Å². The molecule has 2 heterocycles. The molecule has 0 spiro atoms. The Morgan fingerprint density at radius 3 is 2.72 bits per heavy atom. The van der Waals surface area contributed by atoms with E-state index in [2.05, 4.69) is 44.1 Å². The first-order valence-electron chi connectivity index (χ1n) is 5.81. The summed E-state index contributed by atoms with van der Waals surface area (Å²) in [4.78, 5) is 12.7. The summed E-state index contributed by atoms with van der Waals surface area (Å²) in [7, 11) is 0. The van der Waals surface area contributed by atoms with Crippen molar-refractivity contribution in [1.82, 2.24) is 5.32 Å². The number of amides is 1. The third-order valence-electron chi connectivity index (χ3n) is 3.24. The molecule has 6 heteroatoms. The van der Waals surface area contributed by atoms with Crippen LogP contribution in [0.15, 0.2) is 14.3 Å². The van der Waals surface area contributed by atoms with Crippen molar-refractivity contribution in [3.05, 3.63) is 19.2 Å². The fraction of sp³-hybridized carbons (Fsp3) is 0.583. The molecule has 0 radical (unpaired) electrons. The zero-order chi connectivity index (χ0) is 13.2. The number of rotatable bonds is 3. The molecule has 0 atom stereocenters. The summed E-state index contributed by atoms with van der Waals surface area (Å²) >= 11 is 8.23. The van der Waals surface area contributed by atoms with Crippen LogP contribution in [0, 0.1) is 5.41 Å². The van der Waals surface area contributed by atoms with Gasteiger partial charge < -0.3 is 10.1 Å². The lowest BCUT2D eigenvalue weighted by molar-refractivity contribution is 0.0239. The molecule has 1 aromatic heterocycles. The lowest BCUT2D eigenvalue weighted by Crippen LogP contribution is -2.39. The monoisotopic (exact) mass is 395 g/mol. The Labute approximate surface area is 128 Å². The molecular formula is C12H15Br2NO2S. The molecule has 1 saturated heterocycles. The van der Waals surface area contributed by atoms with Crippen LogP contribution in [0.25, 0.3) is 0 Å². The first kappa shape index (κ1) is 14.5. The number of carbonyl (C=O) groups excluding carboxylic acids is 1. The van der Waals surface area contributed by atoms with Crippen LogP contribution in [0.4, 0.5) is 0 Å². The molecule has 100 valence electrons.